The summed E-state index contributed by atoms with van der Waals surface area (Å²) in [6.07, 6.45) is 3.27. The third kappa shape index (κ3) is 4.27. The molecule has 0 saturated carbocycles. The van der Waals surface area contributed by atoms with Crippen molar-refractivity contribution in [1.29, 1.82) is 0 Å². The van der Waals surface area contributed by atoms with Crippen molar-refractivity contribution >= 4 is 18.1 Å². The predicted octanol–water partition coefficient (Wildman–Crippen LogP) is 3.22. The molecule has 118 valence electrons. The van der Waals surface area contributed by atoms with Crippen LogP contribution in [-0.2, 0) is 11.3 Å². The van der Waals surface area contributed by atoms with Gasteiger partial charge in [0.2, 0.25) is 5.91 Å². The van der Waals surface area contributed by atoms with Crippen LogP contribution < -0.4 is 5.32 Å². The first-order valence-corrected chi connectivity index (χ1v) is 8.01. The largest absolute Gasteiger partial charge is 0.355 e. The highest BCUT2D eigenvalue weighted by Crippen LogP contribution is 2.17. The minimum Gasteiger partial charge on any atom is -0.355 e. The van der Waals surface area contributed by atoms with E-state index in [1.165, 1.54) is 5.56 Å². The Hall–Kier alpha value is -1.95. The Kier molecular flexibility index (Phi) is 5.89. The van der Waals surface area contributed by atoms with Gasteiger partial charge in [-0.25, -0.2) is 0 Å². The van der Waals surface area contributed by atoms with Crippen molar-refractivity contribution in [3.63, 3.8) is 0 Å². The van der Waals surface area contributed by atoms with Crippen LogP contribution >= 0.6 is 12.2 Å². The Labute approximate surface area is 135 Å². The first kappa shape index (κ1) is 16.4. The van der Waals surface area contributed by atoms with E-state index in [2.05, 4.69) is 22.4 Å². The van der Waals surface area contributed by atoms with Crippen LogP contribution in [0.1, 0.15) is 31.7 Å². The van der Waals surface area contributed by atoms with E-state index in [4.69, 9.17) is 12.2 Å². The first-order valence-electron chi connectivity index (χ1n) is 7.60. The summed E-state index contributed by atoms with van der Waals surface area (Å²) in [7, 11) is 0. The van der Waals surface area contributed by atoms with Gasteiger partial charge in [-0.3, -0.25) is 14.5 Å². The van der Waals surface area contributed by atoms with Gasteiger partial charge in [0.25, 0.3) is 0 Å². The SMILES string of the molecule is CCCCCNC(=O)Cn1c(-c2ccc(C)cc2)n[nH]c1=S. The molecule has 5 nitrogen and oxygen atoms in total. The van der Waals surface area contributed by atoms with Crippen LogP contribution in [0.4, 0.5) is 0 Å². The van der Waals surface area contributed by atoms with Crippen LogP contribution in [0.5, 0.6) is 0 Å². The van der Waals surface area contributed by atoms with Gasteiger partial charge in [0.05, 0.1) is 0 Å². The van der Waals surface area contributed by atoms with Crippen LogP contribution in [0.3, 0.4) is 0 Å². The molecule has 0 fully saturated rings. The van der Waals surface area contributed by atoms with Crippen molar-refractivity contribution in [2.24, 2.45) is 0 Å². The van der Waals surface area contributed by atoms with Crippen molar-refractivity contribution in [2.75, 3.05) is 6.54 Å². The molecule has 1 heterocycles. The van der Waals surface area contributed by atoms with Gasteiger partial charge >= 0.3 is 0 Å². The average molecular weight is 318 g/mol. The van der Waals surface area contributed by atoms with Gasteiger partial charge in [0, 0.05) is 12.1 Å². The molecule has 2 rings (SSSR count). The molecule has 1 amide bonds. The molecule has 0 saturated heterocycles. The molecule has 0 unspecified atom stereocenters. The monoisotopic (exact) mass is 318 g/mol. The molecule has 2 aromatic rings. The van der Waals surface area contributed by atoms with Gasteiger partial charge in [-0.2, -0.15) is 5.10 Å². The quantitative estimate of drug-likeness (QED) is 0.608. The minimum atomic E-state index is -0.0398. The number of hydrogen-bond donors (Lipinski definition) is 2. The summed E-state index contributed by atoms with van der Waals surface area (Å²) in [6, 6.07) is 8.00. The Bertz CT molecular complexity index is 672. The van der Waals surface area contributed by atoms with E-state index < -0.39 is 0 Å². The number of nitrogens with one attached hydrogen (secondary N) is 2. The van der Waals surface area contributed by atoms with Crippen molar-refractivity contribution in [1.82, 2.24) is 20.1 Å². The lowest BCUT2D eigenvalue weighted by Gasteiger charge is -2.08. The van der Waals surface area contributed by atoms with Crippen LogP contribution in [0, 0.1) is 11.7 Å². The number of hydrogen-bond acceptors (Lipinski definition) is 3. The van der Waals surface area contributed by atoms with Crippen LogP contribution in [0.25, 0.3) is 11.4 Å². The summed E-state index contributed by atoms with van der Waals surface area (Å²) in [4.78, 5) is 12.0. The Balaban J connectivity index is 2.08. The molecule has 0 spiro atoms. The summed E-state index contributed by atoms with van der Waals surface area (Å²) in [5.74, 6) is 0.649. The maximum atomic E-state index is 12.0. The van der Waals surface area contributed by atoms with Gasteiger partial charge in [-0.05, 0) is 25.6 Å². The highest BCUT2D eigenvalue weighted by atomic mass is 32.1. The van der Waals surface area contributed by atoms with Crippen LogP contribution in [0.2, 0.25) is 0 Å². The number of aromatic amines is 1. The lowest BCUT2D eigenvalue weighted by Crippen LogP contribution is -2.28. The topological polar surface area (TPSA) is 62.7 Å². The van der Waals surface area contributed by atoms with Gasteiger partial charge in [0.15, 0.2) is 10.6 Å². The number of unbranched alkanes of at least 4 members (excludes halogenated alkanes) is 2. The van der Waals surface area contributed by atoms with Gasteiger partial charge in [0.1, 0.15) is 6.54 Å². The first-order chi connectivity index (χ1) is 10.6. The molecule has 1 aromatic heterocycles. The number of carbonyl (C=O) groups excluding carboxylic acids is 1. The van der Waals surface area contributed by atoms with Crippen molar-refractivity contribution in [2.45, 2.75) is 39.7 Å². The normalized spacial score (nSPS) is 10.6. The smallest absolute Gasteiger partial charge is 0.240 e. The van der Waals surface area contributed by atoms with E-state index in [-0.39, 0.29) is 12.5 Å². The summed E-state index contributed by atoms with van der Waals surface area (Å²) in [6.45, 7) is 5.06. The van der Waals surface area contributed by atoms with Crippen LogP contribution in [-0.4, -0.2) is 27.2 Å². The van der Waals surface area contributed by atoms with Crippen molar-refractivity contribution in [3.05, 3.63) is 34.6 Å². The molecule has 0 aliphatic heterocycles. The van der Waals surface area contributed by atoms with Gasteiger partial charge in [-0.1, -0.05) is 49.6 Å². The molecule has 6 heteroatoms. The maximum absolute atomic E-state index is 12.0. The third-order valence-corrected chi connectivity index (χ3v) is 3.78. The Morgan fingerprint density at radius 2 is 2.05 bits per heavy atom. The zero-order chi connectivity index (χ0) is 15.9. The van der Waals surface area contributed by atoms with E-state index in [0.717, 1.165) is 24.8 Å². The molecule has 0 aliphatic carbocycles. The summed E-state index contributed by atoms with van der Waals surface area (Å²) in [5, 5.41) is 9.94. The van der Waals surface area contributed by atoms with Gasteiger partial charge < -0.3 is 5.32 Å². The fourth-order valence-corrected chi connectivity index (χ4v) is 2.39. The highest BCUT2D eigenvalue weighted by Gasteiger charge is 2.11. The molecular formula is C16H22N4OS. The number of aryl methyl sites for hydroxylation is 1. The number of benzene rings is 1. The average Bonchev–Trinajstić information content (AvgIpc) is 2.86. The Morgan fingerprint density at radius 3 is 2.73 bits per heavy atom. The van der Waals surface area contributed by atoms with E-state index in [1.807, 2.05) is 31.2 Å². The van der Waals surface area contributed by atoms with E-state index in [9.17, 15) is 4.79 Å². The zero-order valence-electron chi connectivity index (χ0n) is 13.1. The summed E-state index contributed by atoms with van der Waals surface area (Å²) in [5.41, 5.74) is 2.12. The molecule has 0 radical (unpaired) electrons. The molecule has 1 aromatic carbocycles. The number of rotatable bonds is 7. The maximum Gasteiger partial charge on any atom is 0.240 e. The molecule has 0 bridgehead atoms. The summed E-state index contributed by atoms with van der Waals surface area (Å²) >= 11 is 5.24. The second kappa shape index (κ2) is 7.89. The van der Waals surface area contributed by atoms with Crippen LogP contribution in [0.15, 0.2) is 24.3 Å². The molecular weight excluding hydrogens is 296 g/mol. The number of carbonyl (C=O) groups is 1. The number of H-pyrrole nitrogens is 1. The summed E-state index contributed by atoms with van der Waals surface area (Å²) < 4.78 is 2.19. The minimum absolute atomic E-state index is 0.0398. The Morgan fingerprint density at radius 1 is 1.32 bits per heavy atom. The fourth-order valence-electron chi connectivity index (χ4n) is 2.19. The second-order valence-corrected chi connectivity index (χ2v) is 5.75. The van der Waals surface area contributed by atoms with E-state index in [0.29, 0.717) is 17.1 Å². The third-order valence-electron chi connectivity index (χ3n) is 3.47. The molecule has 22 heavy (non-hydrogen) atoms. The lowest BCUT2D eigenvalue weighted by molar-refractivity contribution is -0.121. The fraction of sp³-hybridized carbons (Fsp3) is 0.438. The number of amides is 1. The van der Waals surface area contributed by atoms with Crippen molar-refractivity contribution < 1.29 is 4.79 Å². The molecule has 0 atom stereocenters. The molecule has 0 aliphatic rings. The van der Waals surface area contributed by atoms with E-state index in [1.54, 1.807) is 4.57 Å². The predicted molar refractivity (Wildman–Crippen MR) is 90.1 cm³/mol. The van der Waals surface area contributed by atoms with E-state index >= 15 is 0 Å². The molecule has 2 N–H and O–H groups in total. The number of aromatic nitrogens is 3. The lowest BCUT2D eigenvalue weighted by atomic mass is 10.1. The number of nitrogens with zero attached hydrogens (tertiary/aromatic N) is 2. The standard InChI is InChI=1S/C16H22N4OS/c1-3-4-5-10-17-14(21)11-20-15(18-19-16(20)22)13-8-6-12(2)7-9-13/h6-9H,3-5,10-11H2,1-2H3,(H,17,21)(H,19,22). The zero-order valence-corrected chi connectivity index (χ0v) is 13.9. The highest BCUT2D eigenvalue weighted by molar-refractivity contribution is 7.71. The second-order valence-electron chi connectivity index (χ2n) is 5.36. The van der Waals surface area contributed by atoms with Gasteiger partial charge in [-0.15, -0.1) is 0 Å². The van der Waals surface area contributed by atoms with Crippen molar-refractivity contribution in [3.8, 4) is 11.4 Å².